The molecule has 0 aromatic rings. The van der Waals surface area contributed by atoms with Gasteiger partial charge in [-0.3, -0.25) is 4.90 Å². The summed E-state index contributed by atoms with van der Waals surface area (Å²) in [5, 5.41) is 3.47. The van der Waals surface area contributed by atoms with Crippen LogP contribution in [0.4, 0.5) is 0 Å². The van der Waals surface area contributed by atoms with E-state index in [4.69, 9.17) is 0 Å². The number of nitrogens with one attached hydrogen (secondary N) is 1. The summed E-state index contributed by atoms with van der Waals surface area (Å²) in [5.74, 6) is 0.990. The lowest BCUT2D eigenvalue weighted by atomic mass is 9.78. The molecule has 0 amide bonds. The molecule has 1 aliphatic carbocycles. The topological polar surface area (TPSA) is 15.3 Å². The number of fused-ring (bicyclic) bond motifs is 1. The van der Waals surface area contributed by atoms with Gasteiger partial charge in [0.1, 0.15) is 0 Å². The van der Waals surface area contributed by atoms with Crippen molar-refractivity contribution in [1.82, 2.24) is 10.2 Å². The molecule has 2 fully saturated rings. The first-order valence-corrected chi connectivity index (χ1v) is 7.92. The molecule has 0 unspecified atom stereocenters. The van der Waals surface area contributed by atoms with Crippen LogP contribution in [0.3, 0.4) is 0 Å². The van der Waals surface area contributed by atoms with Crippen LogP contribution in [0.25, 0.3) is 0 Å². The molecule has 0 radical (unpaired) electrons. The summed E-state index contributed by atoms with van der Waals surface area (Å²) in [6, 6.07) is 0.871. The van der Waals surface area contributed by atoms with Gasteiger partial charge in [0.2, 0.25) is 0 Å². The Morgan fingerprint density at radius 1 is 1.22 bits per heavy atom. The molecule has 1 saturated carbocycles. The number of likely N-dealkylation sites (tertiary alicyclic amines) is 1. The molecule has 0 spiro atoms. The van der Waals surface area contributed by atoms with Gasteiger partial charge in [0, 0.05) is 19.1 Å². The molecule has 1 heterocycles. The second-order valence-corrected chi connectivity index (χ2v) is 6.15. The SMILES string of the molecule is C=C(CNCCC)CN1CCC[C@H]2CCCC[C@H]21. The summed E-state index contributed by atoms with van der Waals surface area (Å²) in [6.07, 6.45) is 9.90. The maximum absolute atomic E-state index is 4.25. The first-order valence-electron chi connectivity index (χ1n) is 7.92. The molecule has 0 aromatic heterocycles. The third-order valence-corrected chi connectivity index (χ3v) is 4.59. The van der Waals surface area contributed by atoms with E-state index in [9.17, 15) is 0 Å². The second kappa shape index (κ2) is 7.30. The van der Waals surface area contributed by atoms with Crippen molar-refractivity contribution in [3.05, 3.63) is 12.2 Å². The standard InChI is InChI=1S/C16H30N2/c1-3-10-17-12-14(2)13-18-11-6-8-15-7-4-5-9-16(15)18/h15-17H,2-13H2,1H3/t15-,16-/m1/s1. The molecule has 0 bridgehead atoms. The third-order valence-electron chi connectivity index (χ3n) is 4.59. The molecule has 1 N–H and O–H groups in total. The lowest BCUT2D eigenvalue weighted by molar-refractivity contribution is 0.0687. The minimum Gasteiger partial charge on any atom is -0.313 e. The molecule has 2 rings (SSSR count). The normalized spacial score (nSPS) is 28.9. The Hall–Kier alpha value is -0.340. The zero-order chi connectivity index (χ0) is 12.8. The van der Waals surface area contributed by atoms with Crippen LogP contribution in [-0.2, 0) is 0 Å². The molecule has 1 aliphatic heterocycles. The van der Waals surface area contributed by atoms with Crippen LogP contribution in [-0.4, -0.2) is 37.1 Å². The van der Waals surface area contributed by atoms with Gasteiger partial charge in [-0.05, 0) is 56.7 Å². The summed E-state index contributed by atoms with van der Waals surface area (Å²) in [6.45, 7) is 11.0. The highest BCUT2D eigenvalue weighted by Gasteiger charge is 2.32. The van der Waals surface area contributed by atoms with Crippen molar-refractivity contribution in [2.75, 3.05) is 26.2 Å². The first-order chi connectivity index (χ1) is 8.81. The zero-order valence-electron chi connectivity index (χ0n) is 12.1. The van der Waals surface area contributed by atoms with Crippen molar-refractivity contribution < 1.29 is 0 Å². The van der Waals surface area contributed by atoms with Gasteiger partial charge < -0.3 is 5.32 Å². The molecular weight excluding hydrogens is 220 g/mol. The highest BCUT2D eigenvalue weighted by molar-refractivity contribution is 5.02. The Balaban J connectivity index is 1.78. The molecule has 1 saturated heterocycles. The number of hydrogen-bond acceptors (Lipinski definition) is 2. The molecule has 0 aromatic carbocycles. The van der Waals surface area contributed by atoms with Crippen LogP contribution in [0.5, 0.6) is 0 Å². The van der Waals surface area contributed by atoms with Gasteiger partial charge >= 0.3 is 0 Å². The van der Waals surface area contributed by atoms with Crippen molar-refractivity contribution >= 4 is 0 Å². The van der Waals surface area contributed by atoms with E-state index in [-0.39, 0.29) is 0 Å². The summed E-state index contributed by atoms with van der Waals surface area (Å²) >= 11 is 0. The number of nitrogens with zero attached hydrogens (tertiary/aromatic N) is 1. The van der Waals surface area contributed by atoms with Gasteiger partial charge in [-0.25, -0.2) is 0 Å². The summed E-state index contributed by atoms with van der Waals surface area (Å²) in [4.78, 5) is 2.73. The smallest absolute Gasteiger partial charge is 0.0205 e. The van der Waals surface area contributed by atoms with Gasteiger partial charge in [0.15, 0.2) is 0 Å². The maximum atomic E-state index is 4.25. The summed E-state index contributed by atoms with van der Waals surface area (Å²) < 4.78 is 0. The van der Waals surface area contributed by atoms with E-state index in [0.29, 0.717) is 0 Å². The average Bonchev–Trinajstić information content (AvgIpc) is 2.39. The largest absolute Gasteiger partial charge is 0.313 e. The van der Waals surface area contributed by atoms with E-state index >= 15 is 0 Å². The lowest BCUT2D eigenvalue weighted by Gasteiger charge is -2.44. The molecule has 2 atom stereocenters. The van der Waals surface area contributed by atoms with Crippen LogP contribution in [0.1, 0.15) is 51.9 Å². The van der Waals surface area contributed by atoms with Crippen LogP contribution in [0, 0.1) is 5.92 Å². The fourth-order valence-electron chi connectivity index (χ4n) is 3.71. The summed E-state index contributed by atoms with van der Waals surface area (Å²) in [7, 11) is 0. The molecule has 18 heavy (non-hydrogen) atoms. The highest BCUT2D eigenvalue weighted by atomic mass is 15.2. The van der Waals surface area contributed by atoms with Crippen molar-refractivity contribution in [1.29, 1.82) is 0 Å². The molecule has 2 aliphatic rings. The monoisotopic (exact) mass is 250 g/mol. The van der Waals surface area contributed by atoms with Gasteiger partial charge in [-0.15, -0.1) is 0 Å². The van der Waals surface area contributed by atoms with Crippen molar-refractivity contribution in [2.45, 2.75) is 57.9 Å². The third kappa shape index (κ3) is 3.83. The van der Waals surface area contributed by atoms with E-state index < -0.39 is 0 Å². The highest BCUT2D eigenvalue weighted by Crippen LogP contribution is 2.35. The van der Waals surface area contributed by atoms with Gasteiger partial charge in [-0.2, -0.15) is 0 Å². The maximum Gasteiger partial charge on any atom is 0.0205 e. The predicted octanol–water partition coefficient (Wildman–Crippen LogP) is 3.20. The van der Waals surface area contributed by atoms with Crippen molar-refractivity contribution in [3.63, 3.8) is 0 Å². The van der Waals surface area contributed by atoms with Gasteiger partial charge in [0.25, 0.3) is 0 Å². The Labute approximate surface area is 113 Å². The van der Waals surface area contributed by atoms with Crippen LogP contribution < -0.4 is 5.32 Å². The van der Waals surface area contributed by atoms with Gasteiger partial charge in [-0.1, -0.05) is 26.3 Å². The quantitative estimate of drug-likeness (QED) is 0.575. The van der Waals surface area contributed by atoms with Crippen molar-refractivity contribution in [3.8, 4) is 0 Å². The average molecular weight is 250 g/mol. The van der Waals surface area contributed by atoms with E-state index in [1.54, 1.807) is 0 Å². The fourth-order valence-corrected chi connectivity index (χ4v) is 3.71. The van der Waals surface area contributed by atoms with Crippen LogP contribution in [0.15, 0.2) is 12.2 Å². The van der Waals surface area contributed by atoms with E-state index in [0.717, 1.165) is 31.6 Å². The van der Waals surface area contributed by atoms with Crippen LogP contribution >= 0.6 is 0 Å². The number of piperidine rings is 1. The predicted molar refractivity (Wildman–Crippen MR) is 78.9 cm³/mol. The number of rotatable bonds is 6. The minimum atomic E-state index is 0.871. The summed E-state index contributed by atoms with van der Waals surface area (Å²) in [5.41, 5.74) is 1.37. The Morgan fingerprint density at radius 2 is 2.00 bits per heavy atom. The molecular formula is C16H30N2. The first kappa shape index (κ1) is 14.1. The van der Waals surface area contributed by atoms with E-state index in [1.807, 2.05) is 0 Å². The Kier molecular flexibility index (Phi) is 5.71. The van der Waals surface area contributed by atoms with Crippen LogP contribution in [0.2, 0.25) is 0 Å². The Morgan fingerprint density at radius 3 is 2.83 bits per heavy atom. The number of hydrogen-bond donors (Lipinski definition) is 1. The molecule has 104 valence electrons. The zero-order valence-corrected chi connectivity index (χ0v) is 12.1. The van der Waals surface area contributed by atoms with E-state index in [1.165, 1.54) is 57.1 Å². The lowest BCUT2D eigenvalue weighted by Crippen LogP contribution is -2.47. The fraction of sp³-hybridized carbons (Fsp3) is 0.875. The Bertz CT molecular complexity index is 260. The molecule has 2 nitrogen and oxygen atoms in total. The second-order valence-electron chi connectivity index (χ2n) is 6.15. The van der Waals surface area contributed by atoms with E-state index in [2.05, 4.69) is 23.7 Å². The van der Waals surface area contributed by atoms with Crippen molar-refractivity contribution in [2.24, 2.45) is 5.92 Å². The molecule has 2 heteroatoms. The minimum absolute atomic E-state index is 0.871. The van der Waals surface area contributed by atoms with Gasteiger partial charge in [0.05, 0.1) is 0 Å².